The second-order valence-electron chi connectivity index (χ2n) is 13.6. The summed E-state index contributed by atoms with van der Waals surface area (Å²) in [6, 6.07) is 13.5. The molecule has 3 aromatic rings. The van der Waals surface area contributed by atoms with E-state index in [-0.39, 0.29) is 81.5 Å². The van der Waals surface area contributed by atoms with Gasteiger partial charge in [-0.1, -0.05) is 24.3 Å². The van der Waals surface area contributed by atoms with E-state index in [1.807, 2.05) is 70.9 Å². The zero-order valence-electron chi connectivity index (χ0n) is 30.6. The Morgan fingerprint density at radius 3 is 1.57 bits per heavy atom. The molecule has 4 rings (SSSR count). The van der Waals surface area contributed by atoms with E-state index in [1.54, 1.807) is 26.6 Å². The zero-order valence-corrected chi connectivity index (χ0v) is 33.0. The van der Waals surface area contributed by atoms with Gasteiger partial charge in [0.15, 0.2) is 6.54 Å². The molecular weight excluding hydrogens is 825 g/mol. The van der Waals surface area contributed by atoms with Gasteiger partial charge in [-0.3, -0.25) is 38.8 Å². The van der Waals surface area contributed by atoms with Gasteiger partial charge in [-0.2, -0.15) is 4.57 Å². The molecule has 1 amide bonds. The fraction of sp³-hybridized carbons (Fsp3) is 0.514. The van der Waals surface area contributed by atoms with Gasteiger partial charge in [0.25, 0.3) is 0 Å². The molecule has 1 saturated heterocycles. The molecule has 1 aliphatic rings. The molecule has 2 aromatic carbocycles. The topological polar surface area (TPSA) is 193 Å². The summed E-state index contributed by atoms with van der Waals surface area (Å²) >= 11 is 0. The molecule has 0 aliphatic carbocycles. The van der Waals surface area contributed by atoms with Crippen molar-refractivity contribution in [2.24, 2.45) is 0 Å². The second kappa shape index (κ2) is 21.4. The molecule has 0 unspecified atom stereocenters. The van der Waals surface area contributed by atoms with Crippen LogP contribution in [0.15, 0.2) is 42.5 Å². The number of nitrogens with zero attached hydrogens (tertiary/aromatic N) is 7. The summed E-state index contributed by atoms with van der Waals surface area (Å²) in [5.74, 6) is -3.21. The molecule has 2 heterocycles. The molecule has 5 N–H and O–H groups in total. The van der Waals surface area contributed by atoms with Crippen molar-refractivity contribution in [2.45, 2.75) is 13.1 Å². The molecule has 1 aliphatic heterocycles. The van der Waals surface area contributed by atoms with Crippen LogP contribution >= 0.6 is 0 Å². The molecule has 0 saturated carbocycles. The van der Waals surface area contributed by atoms with E-state index >= 15 is 0 Å². The number of benzene rings is 2. The maximum Gasteiger partial charge on any atom is 3.00 e. The number of carbonyl (C=O) groups is 4. The minimum absolute atomic E-state index is 0. The molecule has 1 aromatic heterocycles. The monoisotopic (exact) mass is 877 g/mol. The van der Waals surface area contributed by atoms with Crippen LogP contribution in [0.1, 0.15) is 5.56 Å². The number of carbonyl (C=O) groups excluding carboxylic acids is 1. The molecule has 286 valence electrons. The van der Waals surface area contributed by atoms with Gasteiger partial charge >= 0.3 is 74.4 Å². The Labute approximate surface area is 350 Å². The third-order valence-electron chi connectivity index (χ3n) is 9.36. The second-order valence-corrected chi connectivity index (χ2v) is 13.6. The van der Waals surface area contributed by atoms with Gasteiger partial charge in [0.05, 0.1) is 38.1 Å². The summed E-state index contributed by atoms with van der Waals surface area (Å²) in [7, 11) is 3.95. The van der Waals surface area contributed by atoms with Crippen molar-refractivity contribution in [3.8, 4) is 0 Å². The Balaban J connectivity index is 0.00000756. The van der Waals surface area contributed by atoms with Crippen molar-refractivity contribution >= 4 is 58.2 Å². The number of fused-ring (bicyclic) bond motifs is 3. The standard InChI is InChI=1S/C35H50BN7O9.Eu/c1-37(2)10-19-43-30-9-8-26(20-29(30)27-6-4-5-7-28(27)35(43)36(51)52)21-38(3)31(44)22-39-11-13-40(23-32(45)46)15-17-42(25-34(49)50)18-16-41(14-12-39)24-33(47)48;/h4-9,20,51-52H,10-19,21-25H2,1-3H3,(H2-,45,46,47,48,49,50);/q;+3/p+1. The van der Waals surface area contributed by atoms with E-state index in [1.165, 1.54) is 0 Å². The first-order valence-corrected chi connectivity index (χ1v) is 17.4. The van der Waals surface area contributed by atoms with Crippen LogP contribution in [-0.2, 0) is 32.3 Å². The minimum atomic E-state index is -1.68. The van der Waals surface area contributed by atoms with Crippen LogP contribution in [0, 0.1) is 49.4 Å². The van der Waals surface area contributed by atoms with Crippen LogP contribution in [0.4, 0.5) is 0 Å². The number of hydrogen-bond donors (Lipinski definition) is 5. The Hall–Kier alpha value is -2.64. The van der Waals surface area contributed by atoms with Crippen LogP contribution in [-0.4, -0.2) is 192 Å². The predicted molar refractivity (Wildman–Crippen MR) is 195 cm³/mol. The number of carboxylic acids is 3. The van der Waals surface area contributed by atoms with Crippen molar-refractivity contribution in [1.82, 2.24) is 29.4 Å². The number of aromatic nitrogens is 1. The van der Waals surface area contributed by atoms with Gasteiger partial charge < -0.3 is 35.2 Å². The van der Waals surface area contributed by atoms with Gasteiger partial charge in [-0.15, -0.1) is 0 Å². The number of rotatable bonds is 14. The number of likely N-dealkylation sites (N-methyl/N-ethyl adjacent to an activating group) is 2. The number of hydrogen-bond acceptors (Lipinski definition) is 11. The van der Waals surface area contributed by atoms with Crippen LogP contribution in [0.3, 0.4) is 0 Å². The van der Waals surface area contributed by atoms with Crippen molar-refractivity contribution in [3.05, 3.63) is 48.0 Å². The minimum Gasteiger partial charge on any atom is -0.480 e. The Morgan fingerprint density at radius 1 is 0.679 bits per heavy atom. The maximum atomic E-state index is 13.7. The average molecular weight is 877 g/mol. The van der Waals surface area contributed by atoms with E-state index in [0.29, 0.717) is 77.6 Å². The quantitative estimate of drug-likeness (QED) is 0.0676. The normalized spacial score (nSPS) is 15.8. The fourth-order valence-corrected chi connectivity index (χ4v) is 6.63. The summed E-state index contributed by atoms with van der Waals surface area (Å²) in [4.78, 5) is 59.1. The van der Waals surface area contributed by atoms with Crippen LogP contribution in [0.2, 0.25) is 0 Å². The third-order valence-corrected chi connectivity index (χ3v) is 9.36. The molecule has 18 heteroatoms. The van der Waals surface area contributed by atoms with Crippen molar-refractivity contribution in [3.63, 3.8) is 0 Å². The van der Waals surface area contributed by atoms with Crippen LogP contribution in [0.5, 0.6) is 0 Å². The van der Waals surface area contributed by atoms with Crippen molar-refractivity contribution in [2.75, 3.05) is 106 Å². The van der Waals surface area contributed by atoms with Crippen LogP contribution < -0.4 is 10.2 Å². The Kier molecular flexibility index (Phi) is 18.1. The molecule has 0 radical (unpaired) electrons. The number of carboxylic acid groups (broad SMARTS) is 3. The van der Waals surface area contributed by atoms with E-state index < -0.39 is 25.0 Å². The maximum absolute atomic E-state index is 13.7. The molecule has 16 nitrogen and oxygen atoms in total. The van der Waals surface area contributed by atoms with E-state index in [0.717, 1.165) is 27.2 Å². The smallest absolute Gasteiger partial charge is 0.480 e. The van der Waals surface area contributed by atoms with Gasteiger partial charge in [-0.05, 0) is 31.8 Å². The summed E-state index contributed by atoms with van der Waals surface area (Å²) < 4.78 is 1.93. The molecule has 1 fully saturated rings. The van der Waals surface area contributed by atoms with Crippen molar-refractivity contribution < 1.29 is 98.5 Å². The first-order chi connectivity index (χ1) is 24.7. The number of amides is 1. The molecule has 0 spiro atoms. The Bertz CT molecular complexity index is 1700. The fourth-order valence-electron chi connectivity index (χ4n) is 6.63. The van der Waals surface area contributed by atoms with Gasteiger partial charge in [0.2, 0.25) is 17.0 Å². The summed E-state index contributed by atoms with van der Waals surface area (Å²) in [5, 5.41) is 51.8. The van der Waals surface area contributed by atoms with Crippen molar-refractivity contribution in [1.29, 1.82) is 0 Å². The van der Waals surface area contributed by atoms with Gasteiger partial charge in [0.1, 0.15) is 0 Å². The predicted octanol–water partition coefficient (Wildman–Crippen LogP) is -2.04. The first-order valence-electron chi connectivity index (χ1n) is 17.4. The average Bonchev–Trinajstić information content (AvgIpc) is 3.07. The van der Waals surface area contributed by atoms with E-state index in [9.17, 15) is 44.5 Å². The molecule has 53 heavy (non-hydrogen) atoms. The first kappa shape index (κ1) is 44.8. The Morgan fingerprint density at radius 2 is 1.13 bits per heavy atom. The molecule has 0 bridgehead atoms. The third kappa shape index (κ3) is 13.6. The van der Waals surface area contributed by atoms with E-state index in [4.69, 9.17) is 0 Å². The number of aliphatic carboxylic acids is 3. The molecular formula is C35H51BEuN7O9+4. The SMILES string of the molecule is CN(C)CC[n+]1c(B(O)O)c2ccccc2c2cc(CN(C)C(=O)CN3CCN(CC(=O)O)CCN(CC(=O)O)CCN(CC(=O)O)CC3)ccc21.[Eu+3]. The zero-order chi connectivity index (χ0) is 37.9. The summed E-state index contributed by atoms with van der Waals surface area (Å²) in [6.45, 7) is 3.33. The summed E-state index contributed by atoms with van der Waals surface area (Å²) in [5.41, 5.74) is 2.13. The number of pyridine rings is 1. The van der Waals surface area contributed by atoms with E-state index in [2.05, 4.69) is 0 Å². The van der Waals surface area contributed by atoms with Gasteiger partial charge in [-0.25, -0.2) is 0 Å². The van der Waals surface area contributed by atoms with Crippen LogP contribution in [0.25, 0.3) is 21.7 Å². The summed E-state index contributed by atoms with van der Waals surface area (Å²) in [6.07, 6.45) is 0. The molecule has 0 atom stereocenters. The largest absolute Gasteiger partial charge is 3.00 e. The van der Waals surface area contributed by atoms with Gasteiger partial charge in [0, 0.05) is 82.8 Å².